The topological polar surface area (TPSA) is 20.3 Å². The molecule has 90 valence electrons. The van der Waals surface area contributed by atoms with Crippen LogP contribution in [-0.4, -0.2) is 6.29 Å². The molecule has 3 heteroatoms. The van der Waals surface area contributed by atoms with Gasteiger partial charge in [0.25, 0.3) is 0 Å². The second kappa shape index (κ2) is 4.46. The average molecular weight is 258 g/mol. The quantitative estimate of drug-likeness (QED) is 0.765. The lowest BCUT2D eigenvalue weighted by Crippen LogP contribution is -2.16. The molecule has 1 aliphatic heterocycles. The molecule has 0 aliphatic carbocycles. The van der Waals surface area contributed by atoms with Crippen molar-refractivity contribution in [3.05, 3.63) is 64.2 Å². The van der Waals surface area contributed by atoms with E-state index in [-0.39, 0.29) is 0 Å². The largest absolute Gasteiger partial charge is 0.362 e. The zero-order valence-corrected chi connectivity index (χ0v) is 10.5. The number of hydrogen-bond acceptors (Lipinski definition) is 2. The smallest absolute Gasteiger partial charge is 0.152 e. The first-order valence-corrected chi connectivity index (χ1v) is 6.22. The third-order valence-corrected chi connectivity index (χ3v) is 3.54. The molecule has 0 radical (unpaired) electrons. The maximum atomic E-state index is 11.1. The highest BCUT2D eigenvalue weighted by atomic mass is 35.5. The summed E-state index contributed by atoms with van der Waals surface area (Å²) in [6, 6.07) is 13.7. The van der Waals surface area contributed by atoms with Crippen LogP contribution in [-0.2, 0) is 13.1 Å². The van der Waals surface area contributed by atoms with Crippen LogP contribution in [0.4, 0.5) is 5.69 Å². The highest BCUT2D eigenvalue weighted by Crippen LogP contribution is 2.31. The van der Waals surface area contributed by atoms with Gasteiger partial charge in [0.05, 0.1) is 0 Å². The zero-order valence-electron chi connectivity index (χ0n) is 9.77. The second-order valence-corrected chi connectivity index (χ2v) is 4.88. The Morgan fingerprint density at radius 3 is 2.33 bits per heavy atom. The van der Waals surface area contributed by atoms with E-state index in [0.29, 0.717) is 10.6 Å². The van der Waals surface area contributed by atoms with E-state index in [1.54, 1.807) is 12.1 Å². The van der Waals surface area contributed by atoms with Crippen LogP contribution in [0.25, 0.3) is 0 Å². The van der Waals surface area contributed by atoms with E-state index in [4.69, 9.17) is 11.6 Å². The molecule has 0 atom stereocenters. The molecular formula is C15H12ClNO. The Balaban J connectivity index is 1.99. The van der Waals surface area contributed by atoms with Crippen molar-refractivity contribution in [3.63, 3.8) is 0 Å². The monoisotopic (exact) mass is 257 g/mol. The van der Waals surface area contributed by atoms with Crippen molar-refractivity contribution in [1.29, 1.82) is 0 Å². The number of rotatable bonds is 2. The summed E-state index contributed by atoms with van der Waals surface area (Å²) < 4.78 is 0. The van der Waals surface area contributed by atoms with E-state index in [1.165, 1.54) is 11.1 Å². The van der Waals surface area contributed by atoms with Crippen LogP contribution in [0.1, 0.15) is 21.5 Å². The Kier molecular flexibility index (Phi) is 2.80. The first kappa shape index (κ1) is 11.3. The lowest BCUT2D eigenvalue weighted by atomic mass is 10.1. The zero-order chi connectivity index (χ0) is 12.5. The molecule has 3 rings (SSSR count). The van der Waals surface area contributed by atoms with Crippen LogP contribution in [0.2, 0.25) is 5.02 Å². The molecular weight excluding hydrogens is 246 g/mol. The molecule has 0 N–H and O–H groups in total. The number of fused-ring (bicyclic) bond motifs is 1. The van der Waals surface area contributed by atoms with Gasteiger partial charge in [-0.25, -0.2) is 0 Å². The third kappa shape index (κ3) is 1.89. The van der Waals surface area contributed by atoms with Gasteiger partial charge in [0, 0.05) is 29.4 Å². The van der Waals surface area contributed by atoms with Crippen molar-refractivity contribution in [2.24, 2.45) is 0 Å². The number of carbonyl (C=O) groups is 1. The lowest BCUT2D eigenvalue weighted by molar-refractivity contribution is 0.112. The predicted octanol–water partition coefficient (Wildman–Crippen LogP) is 3.67. The van der Waals surface area contributed by atoms with Crippen molar-refractivity contribution in [2.45, 2.75) is 13.1 Å². The third-order valence-electron chi connectivity index (χ3n) is 3.30. The number of benzene rings is 2. The molecule has 0 unspecified atom stereocenters. The molecule has 0 spiro atoms. The molecule has 2 aromatic rings. The van der Waals surface area contributed by atoms with E-state index >= 15 is 0 Å². The normalized spacial score (nSPS) is 13.5. The number of halogens is 1. The van der Waals surface area contributed by atoms with Gasteiger partial charge in [0.1, 0.15) is 0 Å². The Morgan fingerprint density at radius 1 is 1.06 bits per heavy atom. The van der Waals surface area contributed by atoms with Crippen LogP contribution >= 0.6 is 11.6 Å². The Morgan fingerprint density at radius 2 is 1.72 bits per heavy atom. The van der Waals surface area contributed by atoms with E-state index in [1.807, 2.05) is 18.2 Å². The molecule has 1 heterocycles. The van der Waals surface area contributed by atoms with Gasteiger partial charge >= 0.3 is 0 Å². The van der Waals surface area contributed by atoms with Gasteiger partial charge < -0.3 is 4.90 Å². The van der Waals surface area contributed by atoms with Crippen LogP contribution < -0.4 is 4.90 Å². The summed E-state index contributed by atoms with van der Waals surface area (Å²) in [4.78, 5) is 13.3. The summed E-state index contributed by atoms with van der Waals surface area (Å²) in [5.41, 5.74) is 4.23. The highest BCUT2D eigenvalue weighted by Gasteiger charge is 2.20. The molecule has 0 saturated carbocycles. The van der Waals surface area contributed by atoms with Gasteiger partial charge in [-0.05, 0) is 29.3 Å². The molecule has 0 aromatic heterocycles. The lowest BCUT2D eigenvalue weighted by Gasteiger charge is -2.19. The number of anilines is 1. The molecule has 2 aromatic carbocycles. The van der Waals surface area contributed by atoms with E-state index < -0.39 is 0 Å². The Bertz CT molecular complexity index is 584. The summed E-state index contributed by atoms with van der Waals surface area (Å²) in [6.45, 7) is 1.66. The maximum Gasteiger partial charge on any atom is 0.152 e. The van der Waals surface area contributed by atoms with E-state index in [0.717, 1.165) is 25.1 Å². The molecule has 0 fully saturated rings. The number of hydrogen-bond donors (Lipinski definition) is 0. The van der Waals surface area contributed by atoms with Crippen LogP contribution in [0.15, 0.2) is 42.5 Å². The van der Waals surface area contributed by atoms with Gasteiger partial charge in [-0.15, -0.1) is 0 Å². The van der Waals surface area contributed by atoms with Gasteiger partial charge in [0.2, 0.25) is 0 Å². The van der Waals surface area contributed by atoms with E-state index in [2.05, 4.69) is 17.0 Å². The first-order chi connectivity index (χ1) is 8.78. The number of aldehydes is 1. The summed E-state index contributed by atoms with van der Waals surface area (Å²) >= 11 is 6.02. The molecule has 2 nitrogen and oxygen atoms in total. The van der Waals surface area contributed by atoms with Gasteiger partial charge in [-0.3, -0.25) is 4.79 Å². The van der Waals surface area contributed by atoms with Crippen molar-refractivity contribution >= 4 is 23.6 Å². The minimum absolute atomic E-state index is 0.659. The van der Waals surface area contributed by atoms with Gasteiger partial charge in [-0.2, -0.15) is 0 Å². The Labute approximate surface area is 111 Å². The molecule has 0 saturated heterocycles. The summed E-state index contributed by atoms with van der Waals surface area (Å²) in [6.07, 6.45) is 0.884. The minimum Gasteiger partial charge on any atom is -0.362 e. The van der Waals surface area contributed by atoms with Crippen LogP contribution in [0, 0.1) is 0 Å². The molecule has 0 bridgehead atoms. The fourth-order valence-electron chi connectivity index (χ4n) is 2.39. The van der Waals surface area contributed by atoms with Crippen LogP contribution in [0.3, 0.4) is 0 Å². The fourth-order valence-corrected chi connectivity index (χ4v) is 2.56. The standard InChI is InChI=1S/C15H12ClNO/c16-14-6-5-13(10-18)15(7-14)17-8-11-3-1-2-4-12(11)9-17/h1-7,10H,8-9H2. The molecule has 0 amide bonds. The van der Waals surface area contributed by atoms with Crippen molar-refractivity contribution in [1.82, 2.24) is 0 Å². The summed E-state index contributed by atoms with van der Waals surface area (Å²) in [5, 5.41) is 0.659. The van der Waals surface area contributed by atoms with Crippen LogP contribution in [0.5, 0.6) is 0 Å². The maximum absolute atomic E-state index is 11.1. The molecule has 1 aliphatic rings. The van der Waals surface area contributed by atoms with Gasteiger partial charge in [0.15, 0.2) is 6.29 Å². The SMILES string of the molecule is O=Cc1ccc(Cl)cc1N1Cc2ccccc2C1. The molecule has 18 heavy (non-hydrogen) atoms. The van der Waals surface area contributed by atoms with Crippen molar-refractivity contribution < 1.29 is 4.79 Å². The van der Waals surface area contributed by atoms with Crippen molar-refractivity contribution in [2.75, 3.05) is 4.90 Å². The van der Waals surface area contributed by atoms with E-state index in [9.17, 15) is 4.79 Å². The predicted molar refractivity (Wildman–Crippen MR) is 73.2 cm³/mol. The number of carbonyl (C=O) groups excluding carboxylic acids is 1. The minimum atomic E-state index is 0.659. The highest BCUT2D eigenvalue weighted by molar-refractivity contribution is 6.31. The first-order valence-electron chi connectivity index (χ1n) is 5.84. The number of nitrogens with zero attached hydrogens (tertiary/aromatic N) is 1. The Hall–Kier alpha value is -1.80. The summed E-state index contributed by atoms with van der Waals surface area (Å²) in [5.74, 6) is 0. The summed E-state index contributed by atoms with van der Waals surface area (Å²) in [7, 11) is 0. The second-order valence-electron chi connectivity index (χ2n) is 4.45. The van der Waals surface area contributed by atoms with Crippen molar-refractivity contribution in [3.8, 4) is 0 Å². The average Bonchev–Trinajstić information content (AvgIpc) is 2.82. The van der Waals surface area contributed by atoms with Gasteiger partial charge in [-0.1, -0.05) is 35.9 Å². The fraction of sp³-hybridized carbons (Fsp3) is 0.133.